The third kappa shape index (κ3) is 5.74. The molecule has 3 N–H and O–H groups in total. The summed E-state index contributed by atoms with van der Waals surface area (Å²) in [4.78, 5) is 12.2. The molecule has 134 valence electrons. The molecule has 0 spiro atoms. The number of carbonyl (C=O) groups is 1. The highest BCUT2D eigenvalue weighted by molar-refractivity contribution is 7.80. The Labute approximate surface area is 146 Å². The van der Waals surface area contributed by atoms with E-state index < -0.39 is 5.91 Å². The van der Waals surface area contributed by atoms with Crippen molar-refractivity contribution in [2.24, 2.45) is 0 Å². The molecule has 0 aliphatic heterocycles. The lowest BCUT2D eigenvalue weighted by atomic mass is 10.1. The van der Waals surface area contributed by atoms with Crippen LogP contribution in [-0.2, 0) is 4.74 Å². The largest absolute Gasteiger partial charge is 0.493 e. The zero-order chi connectivity index (χ0) is 17.9. The van der Waals surface area contributed by atoms with Crippen molar-refractivity contribution in [3.63, 3.8) is 0 Å². The summed E-state index contributed by atoms with van der Waals surface area (Å²) in [6.07, 6.45) is 0.805. The fourth-order valence-corrected chi connectivity index (χ4v) is 2.01. The molecule has 0 unspecified atom stereocenters. The lowest BCUT2D eigenvalue weighted by Gasteiger charge is -2.15. The number of carbonyl (C=O) groups excluding carboxylic acids is 1. The number of methoxy groups -OCH3 is 4. The van der Waals surface area contributed by atoms with Crippen LogP contribution in [0.25, 0.3) is 0 Å². The summed E-state index contributed by atoms with van der Waals surface area (Å²) in [7, 11) is 6.09. The van der Waals surface area contributed by atoms with Gasteiger partial charge in [0.2, 0.25) is 5.75 Å². The highest BCUT2D eigenvalue weighted by Crippen LogP contribution is 2.38. The molecule has 0 saturated carbocycles. The molecule has 9 heteroatoms. The second-order valence-corrected chi connectivity index (χ2v) is 5.00. The average Bonchev–Trinajstić information content (AvgIpc) is 2.61. The van der Waals surface area contributed by atoms with Crippen LogP contribution in [0.1, 0.15) is 16.8 Å². The number of amides is 1. The second kappa shape index (κ2) is 10.5. The summed E-state index contributed by atoms with van der Waals surface area (Å²) in [5, 5.41) is 3.26. The van der Waals surface area contributed by atoms with E-state index in [-0.39, 0.29) is 0 Å². The van der Waals surface area contributed by atoms with E-state index in [0.717, 1.165) is 6.42 Å². The number of nitrogens with one attached hydrogen (secondary N) is 3. The van der Waals surface area contributed by atoms with Crippen molar-refractivity contribution in [3.05, 3.63) is 17.7 Å². The standard InChI is InChI=1S/C15H23N3O5S/c1-20-7-5-6-16-15(24)18-17-14(19)10-8-11(21-2)13(23-4)12(9-10)22-3/h8-9H,5-7H2,1-4H3,(H,17,19)(H2,16,18,24). The number of ether oxygens (including phenoxy) is 4. The van der Waals surface area contributed by atoms with Gasteiger partial charge < -0.3 is 24.3 Å². The zero-order valence-electron chi connectivity index (χ0n) is 14.2. The van der Waals surface area contributed by atoms with E-state index in [1.807, 2.05) is 0 Å². The van der Waals surface area contributed by atoms with Crippen molar-refractivity contribution in [1.82, 2.24) is 16.2 Å². The van der Waals surface area contributed by atoms with E-state index in [4.69, 9.17) is 31.2 Å². The van der Waals surface area contributed by atoms with Crippen LogP contribution in [0.3, 0.4) is 0 Å². The molecule has 1 aromatic carbocycles. The van der Waals surface area contributed by atoms with Crippen molar-refractivity contribution >= 4 is 23.2 Å². The lowest BCUT2D eigenvalue weighted by Crippen LogP contribution is -2.47. The summed E-state index contributed by atoms with van der Waals surface area (Å²) in [6.45, 7) is 1.27. The molecule has 0 bridgehead atoms. The quantitative estimate of drug-likeness (QED) is 0.359. The number of hydrazine groups is 1. The van der Waals surface area contributed by atoms with Crippen molar-refractivity contribution in [2.75, 3.05) is 41.6 Å². The zero-order valence-corrected chi connectivity index (χ0v) is 15.0. The number of benzene rings is 1. The maximum Gasteiger partial charge on any atom is 0.269 e. The monoisotopic (exact) mass is 357 g/mol. The molecule has 0 atom stereocenters. The predicted molar refractivity (Wildman–Crippen MR) is 93.8 cm³/mol. The van der Waals surface area contributed by atoms with Crippen LogP contribution in [-0.4, -0.2) is 52.6 Å². The molecule has 1 rings (SSSR count). The Morgan fingerprint density at radius 1 is 1.04 bits per heavy atom. The van der Waals surface area contributed by atoms with Gasteiger partial charge in [-0.05, 0) is 30.8 Å². The molecule has 8 nitrogen and oxygen atoms in total. The van der Waals surface area contributed by atoms with E-state index in [9.17, 15) is 4.79 Å². The first kappa shape index (κ1) is 19.8. The van der Waals surface area contributed by atoms with Crippen molar-refractivity contribution in [1.29, 1.82) is 0 Å². The van der Waals surface area contributed by atoms with E-state index in [0.29, 0.717) is 41.1 Å². The Balaban J connectivity index is 2.66. The molecule has 0 saturated heterocycles. The highest BCUT2D eigenvalue weighted by Gasteiger charge is 2.17. The Bertz CT molecular complexity index is 543. The average molecular weight is 357 g/mol. The molecule has 0 aliphatic rings. The summed E-state index contributed by atoms with van der Waals surface area (Å²) in [5.41, 5.74) is 5.46. The first-order valence-electron chi connectivity index (χ1n) is 7.20. The van der Waals surface area contributed by atoms with E-state index in [2.05, 4.69) is 16.2 Å². The van der Waals surface area contributed by atoms with Crippen LogP contribution in [0.2, 0.25) is 0 Å². The minimum atomic E-state index is -0.393. The molecule has 0 aliphatic carbocycles. The molecule has 24 heavy (non-hydrogen) atoms. The Hall–Kier alpha value is -2.26. The van der Waals surface area contributed by atoms with Gasteiger partial charge in [-0.1, -0.05) is 0 Å². The summed E-state index contributed by atoms with van der Waals surface area (Å²) < 4.78 is 20.6. The van der Waals surface area contributed by atoms with Gasteiger partial charge in [0.15, 0.2) is 16.6 Å². The fourth-order valence-electron chi connectivity index (χ4n) is 1.86. The topological polar surface area (TPSA) is 90.1 Å². The van der Waals surface area contributed by atoms with Crippen LogP contribution in [0.4, 0.5) is 0 Å². The van der Waals surface area contributed by atoms with Crippen molar-refractivity contribution < 1.29 is 23.7 Å². The summed E-state index contributed by atoms with van der Waals surface area (Å²) >= 11 is 5.06. The first-order chi connectivity index (χ1) is 11.6. The van der Waals surface area contributed by atoms with Gasteiger partial charge in [-0.2, -0.15) is 0 Å². The molecule has 0 radical (unpaired) electrons. The number of hydrogen-bond donors (Lipinski definition) is 3. The molecule has 0 fully saturated rings. The van der Waals surface area contributed by atoms with Crippen LogP contribution >= 0.6 is 12.2 Å². The van der Waals surface area contributed by atoms with Gasteiger partial charge in [-0.3, -0.25) is 15.6 Å². The van der Waals surface area contributed by atoms with Crippen LogP contribution in [0.5, 0.6) is 17.2 Å². The van der Waals surface area contributed by atoms with Crippen LogP contribution in [0.15, 0.2) is 12.1 Å². The Kier molecular flexibility index (Phi) is 8.66. The summed E-state index contributed by atoms with van der Waals surface area (Å²) in [6, 6.07) is 3.10. The Morgan fingerprint density at radius 3 is 2.17 bits per heavy atom. The molecule has 0 heterocycles. The van der Waals surface area contributed by atoms with Crippen LogP contribution < -0.4 is 30.4 Å². The third-order valence-corrected chi connectivity index (χ3v) is 3.27. The van der Waals surface area contributed by atoms with E-state index in [1.165, 1.54) is 21.3 Å². The maximum atomic E-state index is 12.2. The van der Waals surface area contributed by atoms with E-state index in [1.54, 1.807) is 19.2 Å². The van der Waals surface area contributed by atoms with Gasteiger partial charge in [-0.25, -0.2) is 0 Å². The van der Waals surface area contributed by atoms with Gasteiger partial charge in [0.05, 0.1) is 21.3 Å². The first-order valence-corrected chi connectivity index (χ1v) is 7.61. The lowest BCUT2D eigenvalue weighted by molar-refractivity contribution is 0.0942. The van der Waals surface area contributed by atoms with Gasteiger partial charge in [0.1, 0.15) is 0 Å². The third-order valence-electron chi connectivity index (χ3n) is 3.03. The SMILES string of the molecule is COCCCNC(=S)NNC(=O)c1cc(OC)c(OC)c(OC)c1. The van der Waals surface area contributed by atoms with Gasteiger partial charge in [0, 0.05) is 25.8 Å². The van der Waals surface area contributed by atoms with E-state index >= 15 is 0 Å². The second-order valence-electron chi connectivity index (χ2n) is 4.60. The van der Waals surface area contributed by atoms with Crippen molar-refractivity contribution in [3.8, 4) is 17.2 Å². The molecular formula is C15H23N3O5S. The smallest absolute Gasteiger partial charge is 0.269 e. The predicted octanol–water partition coefficient (Wildman–Crippen LogP) is 0.858. The Morgan fingerprint density at radius 2 is 1.67 bits per heavy atom. The van der Waals surface area contributed by atoms with Crippen LogP contribution in [0, 0.1) is 0 Å². The minimum Gasteiger partial charge on any atom is -0.493 e. The number of hydrogen-bond acceptors (Lipinski definition) is 6. The molecular weight excluding hydrogens is 334 g/mol. The summed E-state index contributed by atoms with van der Waals surface area (Å²) in [5.74, 6) is 0.805. The van der Waals surface area contributed by atoms with Gasteiger partial charge in [0.25, 0.3) is 5.91 Å². The highest BCUT2D eigenvalue weighted by atomic mass is 32.1. The van der Waals surface area contributed by atoms with Gasteiger partial charge >= 0.3 is 0 Å². The molecule has 1 aromatic rings. The number of thiocarbonyl (C=S) groups is 1. The normalized spacial score (nSPS) is 9.83. The number of rotatable bonds is 8. The van der Waals surface area contributed by atoms with Crippen molar-refractivity contribution in [2.45, 2.75) is 6.42 Å². The maximum absolute atomic E-state index is 12.2. The molecule has 0 aromatic heterocycles. The van der Waals surface area contributed by atoms with Gasteiger partial charge in [-0.15, -0.1) is 0 Å². The minimum absolute atomic E-state index is 0.312. The fraction of sp³-hybridized carbons (Fsp3) is 0.467. The molecule has 1 amide bonds.